The van der Waals surface area contributed by atoms with Crippen molar-refractivity contribution < 1.29 is 18.3 Å². The lowest BCUT2D eigenvalue weighted by Crippen LogP contribution is -2.38. The normalized spacial score (nSPS) is 12.2. The molecule has 0 aromatic heterocycles. The third-order valence-electron chi connectivity index (χ3n) is 4.29. The zero-order chi connectivity index (χ0) is 22.5. The smallest absolute Gasteiger partial charge is 0.314 e. The number of carbonyl (C=O) groups is 1. The predicted octanol–water partition coefficient (Wildman–Crippen LogP) is 3.47. The van der Waals surface area contributed by atoms with Gasteiger partial charge in [-0.1, -0.05) is 53.7 Å². The van der Waals surface area contributed by atoms with E-state index < -0.39 is 21.8 Å². The van der Waals surface area contributed by atoms with Crippen molar-refractivity contribution in [3.05, 3.63) is 39.3 Å². The summed E-state index contributed by atoms with van der Waals surface area (Å²) in [4.78, 5) is 14.1. The maximum Gasteiger partial charge on any atom is 0.314 e. The Kier molecular flexibility index (Phi) is 7.94. The summed E-state index contributed by atoms with van der Waals surface area (Å²) in [6.45, 7) is 12.4. The van der Waals surface area contributed by atoms with Crippen LogP contribution in [0.3, 0.4) is 0 Å². The number of benzene rings is 1. The Bertz CT molecular complexity index is 857. The van der Waals surface area contributed by atoms with Crippen molar-refractivity contribution in [1.82, 2.24) is 10.6 Å². The minimum atomic E-state index is -3.89. The number of sulfonamides is 1. The lowest BCUT2D eigenvalue weighted by atomic mass is 9.78. The van der Waals surface area contributed by atoms with Crippen molar-refractivity contribution in [2.75, 3.05) is 18.8 Å². The molecule has 29 heavy (non-hydrogen) atoms. The molecular weight excluding hydrogens is 394 g/mol. The summed E-state index contributed by atoms with van der Waals surface area (Å²) in [5.74, 6) is -0.160. The molecule has 2 amide bonds. The second kappa shape index (κ2) is 9.37. The molecule has 0 aliphatic carbocycles. The maximum atomic E-state index is 11.8. The van der Waals surface area contributed by atoms with Gasteiger partial charge in [-0.05, 0) is 39.5 Å². The Labute approximate surface area is 172 Å². The van der Waals surface area contributed by atoms with Crippen LogP contribution in [0.1, 0.15) is 58.2 Å². The van der Waals surface area contributed by atoms with Gasteiger partial charge in [-0.15, -0.1) is 0 Å². The van der Waals surface area contributed by atoms with E-state index in [1.807, 2.05) is 53.7 Å². The quantitative estimate of drug-likeness (QED) is 0.349. The molecule has 0 heterocycles. The van der Waals surface area contributed by atoms with Crippen LogP contribution in [-0.2, 0) is 27.3 Å². The molecule has 1 aromatic rings. The van der Waals surface area contributed by atoms with Gasteiger partial charge >= 0.3 is 6.03 Å². The Balaban J connectivity index is 2.77. The number of nitrogens with one attached hydrogen (secondary N) is 2. The average molecular weight is 426 g/mol. The Hall–Kier alpha value is -2.45. The number of hydrogen-bond acceptors (Lipinski definition) is 4. The minimum Gasteiger partial charge on any atom is -0.507 e. The molecule has 162 valence electrons. The van der Waals surface area contributed by atoms with E-state index in [0.717, 1.165) is 16.7 Å². The summed E-state index contributed by atoms with van der Waals surface area (Å²) in [5, 5.41) is 15.8. The van der Waals surface area contributed by atoms with Crippen LogP contribution in [0.15, 0.2) is 16.7 Å². The molecule has 1 aromatic carbocycles. The average Bonchev–Trinajstić information content (AvgIpc) is 2.53. The SMILES string of the molecule is CC(C)(C)c1cc(CCNC(=O)NCCS(=O)(=O)N=[N+]=[N-])cc(C(C)(C)C)c1O. The van der Waals surface area contributed by atoms with Crippen molar-refractivity contribution in [1.29, 1.82) is 0 Å². The molecule has 0 bridgehead atoms. The van der Waals surface area contributed by atoms with E-state index in [1.54, 1.807) is 0 Å². The first-order valence-electron chi connectivity index (χ1n) is 9.35. The fourth-order valence-electron chi connectivity index (χ4n) is 2.75. The van der Waals surface area contributed by atoms with E-state index in [1.165, 1.54) is 0 Å². The van der Waals surface area contributed by atoms with Gasteiger partial charge in [0.05, 0.1) is 5.75 Å². The topological polar surface area (TPSA) is 144 Å². The molecule has 10 heteroatoms. The largest absolute Gasteiger partial charge is 0.507 e. The molecule has 0 spiro atoms. The lowest BCUT2D eigenvalue weighted by molar-refractivity contribution is 0.241. The monoisotopic (exact) mass is 425 g/mol. The summed E-state index contributed by atoms with van der Waals surface area (Å²) in [6, 6.07) is 3.40. The fourth-order valence-corrected chi connectivity index (χ4v) is 3.31. The molecule has 0 unspecified atom stereocenters. The number of rotatable bonds is 7. The number of aromatic hydroxyl groups is 1. The predicted molar refractivity (Wildman–Crippen MR) is 114 cm³/mol. The van der Waals surface area contributed by atoms with Crippen LogP contribution in [0.25, 0.3) is 10.4 Å². The van der Waals surface area contributed by atoms with Crippen molar-refractivity contribution in [3.63, 3.8) is 0 Å². The van der Waals surface area contributed by atoms with Gasteiger partial charge in [0, 0.05) is 22.5 Å². The second-order valence-electron chi connectivity index (χ2n) is 8.93. The summed E-state index contributed by atoms with van der Waals surface area (Å²) in [7, 11) is -3.89. The van der Waals surface area contributed by atoms with Crippen LogP contribution in [0.2, 0.25) is 0 Å². The highest BCUT2D eigenvalue weighted by molar-refractivity contribution is 7.90. The van der Waals surface area contributed by atoms with Gasteiger partial charge in [0.15, 0.2) is 0 Å². The minimum absolute atomic E-state index is 0.158. The van der Waals surface area contributed by atoms with Crippen molar-refractivity contribution in [2.24, 2.45) is 4.52 Å². The number of carbonyl (C=O) groups excluding carboxylic acids is 1. The number of phenolic OH excluding ortho intramolecular Hbond substituents is 1. The molecule has 0 aliphatic rings. The van der Waals surface area contributed by atoms with Crippen molar-refractivity contribution in [3.8, 4) is 5.75 Å². The molecular formula is C19H31N5O4S. The molecule has 0 radical (unpaired) electrons. The third kappa shape index (κ3) is 7.83. The lowest BCUT2D eigenvalue weighted by Gasteiger charge is -2.28. The Morgan fingerprint density at radius 3 is 2.00 bits per heavy atom. The van der Waals surface area contributed by atoms with Crippen molar-refractivity contribution in [2.45, 2.75) is 58.8 Å². The number of nitrogens with zero attached hydrogens (tertiary/aromatic N) is 3. The molecule has 0 saturated heterocycles. The van der Waals surface area contributed by atoms with E-state index in [0.29, 0.717) is 18.7 Å². The van der Waals surface area contributed by atoms with Gasteiger partial charge in [0.1, 0.15) is 5.75 Å². The van der Waals surface area contributed by atoms with Crippen LogP contribution in [0.5, 0.6) is 5.75 Å². The van der Waals surface area contributed by atoms with Crippen LogP contribution in [-0.4, -0.2) is 38.4 Å². The Morgan fingerprint density at radius 1 is 1.07 bits per heavy atom. The standard InChI is InChI=1S/C19H31N5O4S/c1-18(2,3)14-11-13(12-15(16(14)25)19(4,5)6)7-8-21-17(26)22-9-10-29(27,28)24-23-20/h11-12,25H,7-10H2,1-6H3,(H2,21,22,26). The molecule has 0 saturated carbocycles. The van der Waals surface area contributed by atoms with E-state index in [9.17, 15) is 18.3 Å². The number of phenols is 1. The van der Waals surface area contributed by atoms with Crippen LogP contribution in [0, 0.1) is 0 Å². The van der Waals surface area contributed by atoms with E-state index in [4.69, 9.17) is 5.53 Å². The molecule has 0 aliphatic heterocycles. The molecule has 9 nitrogen and oxygen atoms in total. The number of amides is 2. The van der Waals surface area contributed by atoms with Crippen LogP contribution in [0.4, 0.5) is 4.79 Å². The molecule has 0 fully saturated rings. The summed E-state index contributed by atoms with van der Waals surface area (Å²) in [5.41, 5.74) is 10.4. The van der Waals surface area contributed by atoms with Gasteiger partial charge < -0.3 is 15.7 Å². The zero-order valence-corrected chi connectivity index (χ0v) is 18.7. The Morgan fingerprint density at radius 2 is 1.55 bits per heavy atom. The van der Waals surface area contributed by atoms with Gasteiger partial charge in [-0.3, -0.25) is 0 Å². The fraction of sp³-hybridized carbons (Fsp3) is 0.632. The van der Waals surface area contributed by atoms with E-state index >= 15 is 0 Å². The first-order valence-corrected chi connectivity index (χ1v) is 11.0. The van der Waals surface area contributed by atoms with Crippen molar-refractivity contribution >= 4 is 16.1 Å². The second-order valence-corrected chi connectivity index (χ2v) is 10.7. The third-order valence-corrected chi connectivity index (χ3v) is 5.33. The van der Waals surface area contributed by atoms with Gasteiger partial charge in [0.2, 0.25) is 10.0 Å². The summed E-state index contributed by atoms with van der Waals surface area (Å²) >= 11 is 0. The molecule has 0 atom stereocenters. The van der Waals surface area contributed by atoms with Gasteiger partial charge in [-0.25, -0.2) is 13.2 Å². The zero-order valence-electron chi connectivity index (χ0n) is 17.9. The highest BCUT2D eigenvalue weighted by Crippen LogP contribution is 2.39. The molecule has 3 N–H and O–H groups in total. The van der Waals surface area contributed by atoms with Gasteiger partial charge in [-0.2, -0.15) is 0 Å². The maximum absolute atomic E-state index is 11.8. The first kappa shape index (κ1) is 24.6. The number of urea groups is 1. The van der Waals surface area contributed by atoms with Crippen LogP contribution >= 0.6 is 0 Å². The van der Waals surface area contributed by atoms with Crippen LogP contribution < -0.4 is 10.6 Å². The number of azide groups is 1. The number of hydrogen-bond donors (Lipinski definition) is 3. The first-order chi connectivity index (χ1) is 13.2. The highest BCUT2D eigenvalue weighted by atomic mass is 32.2. The van der Waals surface area contributed by atoms with Gasteiger partial charge in [0.25, 0.3) is 0 Å². The summed E-state index contributed by atoms with van der Waals surface area (Å²) < 4.78 is 25.2. The molecule has 1 rings (SSSR count). The van der Waals surface area contributed by atoms with E-state index in [-0.39, 0.29) is 17.4 Å². The van der Waals surface area contributed by atoms with E-state index in [2.05, 4.69) is 20.1 Å². The summed E-state index contributed by atoms with van der Waals surface area (Å²) in [6.07, 6.45) is 0.552. The highest BCUT2D eigenvalue weighted by Gasteiger charge is 2.26.